The van der Waals surface area contributed by atoms with Crippen molar-refractivity contribution in [3.05, 3.63) is 53.1 Å². The number of sulfonamides is 1. The lowest BCUT2D eigenvalue weighted by Crippen LogP contribution is -2.48. The van der Waals surface area contributed by atoms with E-state index in [4.69, 9.17) is 16.3 Å². The van der Waals surface area contributed by atoms with Gasteiger partial charge >= 0.3 is 0 Å². The second-order valence-corrected chi connectivity index (χ2v) is 11.4. The Labute approximate surface area is 188 Å². The number of halogens is 1. The minimum absolute atomic E-state index is 0.169. The summed E-state index contributed by atoms with van der Waals surface area (Å²) < 4.78 is 54.2. The van der Waals surface area contributed by atoms with Crippen LogP contribution >= 0.6 is 11.6 Å². The van der Waals surface area contributed by atoms with Crippen molar-refractivity contribution < 1.29 is 26.4 Å². The van der Waals surface area contributed by atoms with E-state index in [2.05, 4.69) is 5.32 Å². The van der Waals surface area contributed by atoms with Crippen LogP contribution in [0.5, 0.6) is 5.75 Å². The summed E-state index contributed by atoms with van der Waals surface area (Å²) in [6.07, 6.45) is 2.11. The third-order valence-electron chi connectivity index (χ3n) is 4.65. The van der Waals surface area contributed by atoms with Gasteiger partial charge in [-0.2, -0.15) is 0 Å². The van der Waals surface area contributed by atoms with Gasteiger partial charge in [0, 0.05) is 6.26 Å². The fourth-order valence-corrected chi connectivity index (χ4v) is 5.07. The Balaban J connectivity index is 2.26. The van der Waals surface area contributed by atoms with E-state index in [9.17, 15) is 21.6 Å². The Bertz CT molecular complexity index is 1160. The van der Waals surface area contributed by atoms with Crippen LogP contribution in [0.1, 0.15) is 25.5 Å². The molecular weight excluding hydrogens is 464 g/mol. The number of anilines is 1. The third kappa shape index (κ3) is 6.11. The second kappa shape index (κ2) is 9.46. The summed E-state index contributed by atoms with van der Waals surface area (Å²) in [5.74, 6) is -0.154. The van der Waals surface area contributed by atoms with E-state index in [-0.39, 0.29) is 15.6 Å². The normalized spacial score (nSPS) is 13.9. The third-order valence-corrected chi connectivity index (χ3v) is 7.31. The van der Waals surface area contributed by atoms with Gasteiger partial charge in [0.25, 0.3) is 0 Å². The van der Waals surface area contributed by atoms with Crippen LogP contribution in [0.25, 0.3) is 0 Å². The minimum Gasteiger partial charge on any atom is -0.495 e. The molecule has 0 heterocycles. The average molecular weight is 489 g/mol. The number of benzene rings is 2. The van der Waals surface area contributed by atoms with Crippen LogP contribution < -0.4 is 14.4 Å². The first-order valence-electron chi connectivity index (χ1n) is 9.19. The summed E-state index contributed by atoms with van der Waals surface area (Å²) in [6.45, 7) is 3.18. The summed E-state index contributed by atoms with van der Waals surface area (Å²) in [5, 5.41) is 2.97. The molecule has 1 N–H and O–H groups in total. The van der Waals surface area contributed by atoms with Gasteiger partial charge in [-0.15, -0.1) is 0 Å². The first-order chi connectivity index (χ1) is 14.3. The predicted octanol–water partition coefficient (Wildman–Crippen LogP) is 2.78. The van der Waals surface area contributed by atoms with E-state index in [1.807, 2.05) is 0 Å². The van der Waals surface area contributed by atoms with E-state index >= 15 is 0 Å². The van der Waals surface area contributed by atoms with Crippen molar-refractivity contribution in [3.63, 3.8) is 0 Å². The molecule has 11 heteroatoms. The number of methoxy groups -OCH3 is 1. The molecule has 0 aliphatic rings. The maximum absolute atomic E-state index is 12.9. The molecule has 0 bridgehead atoms. The van der Waals surface area contributed by atoms with Gasteiger partial charge in [-0.1, -0.05) is 23.7 Å². The Morgan fingerprint density at radius 3 is 2.06 bits per heavy atom. The minimum atomic E-state index is -3.81. The number of rotatable bonds is 8. The first kappa shape index (κ1) is 25.0. The fourth-order valence-electron chi connectivity index (χ4n) is 3.02. The van der Waals surface area contributed by atoms with Crippen molar-refractivity contribution in [3.8, 4) is 5.75 Å². The summed E-state index contributed by atoms with van der Waals surface area (Å²) in [4.78, 5) is 13.0. The summed E-state index contributed by atoms with van der Waals surface area (Å²) >= 11 is 6.13. The topological polar surface area (TPSA) is 110 Å². The molecule has 0 radical (unpaired) electrons. The molecule has 0 aromatic heterocycles. The van der Waals surface area contributed by atoms with Gasteiger partial charge < -0.3 is 10.1 Å². The van der Waals surface area contributed by atoms with Crippen molar-refractivity contribution >= 4 is 43.1 Å². The summed E-state index contributed by atoms with van der Waals surface area (Å²) in [5.41, 5.74) is 0.896. The van der Waals surface area contributed by atoms with Gasteiger partial charge in [0.05, 0.1) is 35.0 Å². The maximum atomic E-state index is 12.9. The van der Waals surface area contributed by atoms with Crippen LogP contribution in [0.3, 0.4) is 0 Å². The Hall–Kier alpha value is -2.30. The monoisotopic (exact) mass is 488 g/mol. The Morgan fingerprint density at radius 2 is 1.61 bits per heavy atom. The molecule has 0 aliphatic carbocycles. The van der Waals surface area contributed by atoms with Crippen molar-refractivity contribution in [2.24, 2.45) is 0 Å². The highest BCUT2D eigenvalue weighted by Crippen LogP contribution is 2.31. The van der Waals surface area contributed by atoms with Gasteiger partial charge in [0.1, 0.15) is 11.8 Å². The van der Waals surface area contributed by atoms with Gasteiger partial charge in [0.2, 0.25) is 15.9 Å². The lowest BCUT2D eigenvalue weighted by atomic mass is 10.1. The number of nitrogens with zero attached hydrogens (tertiary/aromatic N) is 1. The predicted molar refractivity (Wildman–Crippen MR) is 121 cm³/mol. The molecule has 0 aliphatic heterocycles. The quantitative estimate of drug-likeness (QED) is 0.611. The molecule has 170 valence electrons. The molecule has 31 heavy (non-hydrogen) atoms. The van der Waals surface area contributed by atoms with Crippen LogP contribution in [0.2, 0.25) is 5.02 Å². The molecule has 0 saturated heterocycles. The molecule has 2 aromatic rings. The zero-order chi connectivity index (χ0) is 23.6. The molecule has 0 spiro atoms. The standard InChI is InChI=1S/C20H25ClN2O6S2/c1-13(15-6-9-17(10-7-15)30(4,25)26)22-20(24)14(2)23(31(5,27)28)16-8-11-19(29-3)18(21)12-16/h6-14H,1-5H3,(H,22,24)/t13-,14-/m0/s1. The smallest absolute Gasteiger partial charge is 0.244 e. The highest BCUT2D eigenvalue weighted by molar-refractivity contribution is 7.92. The number of hydrogen-bond acceptors (Lipinski definition) is 6. The molecule has 2 atom stereocenters. The number of carbonyl (C=O) groups is 1. The van der Waals surface area contributed by atoms with Crippen LogP contribution in [-0.4, -0.2) is 48.4 Å². The van der Waals surface area contributed by atoms with Gasteiger partial charge in [-0.3, -0.25) is 9.10 Å². The van der Waals surface area contributed by atoms with Crippen LogP contribution in [-0.2, 0) is 24.7 Å². The van der Waals surface area contributed by atoms with Crippen molar-refractivity contribution in [2.45, 2.75) is 30.8 Å². The number of nitrogens with one attached hydrogen (secondary N) is 1. The van der Waals surface area contributed by atoms with Crippen molar-refractivity contribution in [1.29, 1.82) is 0 Å². The molecule has 8 nitrogen and oxygen atoms in total. The van der Waals surface area contributed by atoms with E-state index < -0.39 is 37.9 Å². The zero-order valence-electron chi connectivity index (χ0n) is 17.8. The lowest BCUT2D eigenvalue weighted by Gasteiger charge is -2.29. The van der Waals surface area contributed by atoms with E-state index in [1.54, 1.807) is 19.1 Å². The Kier molecular flexibility index (Phi) is 7.61. The van der Waals surface area contributed by atoms with E-state index in [0.29, 0.717) is 11.3 Å². The van der Waals surface area contributed by atoms with Crippen LogP contribution in [0.4, 0.5) is 5.69 Å². The lowest BCUT2D eigenvalue weighted by molar-refractivity contribution is -0.122. The number of ether oxygens (including phenoxy) is 1. The molecule has 2 aromatic carbocycles. The van der Waals surface area contributed by atoms with Gasteiger partial charge in [-0.05, 0) is 49.7 Å². The van der Waals surface area contributed by atoms with E-state index in [0.717, 1.165) is 16.8 Å². The van der Waals surface area contributed by atoms with Crippen LogP contribution in [0, 0.1) is 0 Å². The zero-order valence-corrected chi connectivity index (χ0v) is 20.2. The fraction of sp³-hybridized carbons (Fsp3) is 0.350. The summed E-state index contributed by atoms with van der Waals surface area (Å²) in [6, 6.07) is 9.00. The van der Waals surface area contributed by atoms with Crippen molar-refractivity contribution in [2.75, 3.05) is 23.9 Å². The first-order valence-corrected chi connectivity index (χ1v) is 13.3. The largest absolute Gasteiger partial charge is 0.495 e. The molecule has 0 fully saturated rings. The number of carbonyl (C=O) groups excluding carboxylic acids is 1. The molecule has 0 unspecified atom stereocenters. The number of hydrogen-bond donors (Lipinski definition) is 1. The van der Waals surface area contributed by atoms with Crippen molar-refractivity contribution in [1.82, 2.24) is 5.32 Å². The second-order valence-electron chi connectivity index (χ2n) is 7.13. The maximum Gasteiger partial charge on any atom is 0.244 e. The number of sulfone groups is 1. The van der Waals surface area contributed by atoms with Gasteiger partial charge in [0.15, 0.2) is 9.84 Å². The van der Waals surface area contributed by atoms with Gasteiger partial charge in [-0.25, -0.2) is 16.8 Å². The SMILES string of the molecule is COc1ccc(N([C@@H](C)C(=O)N[C@@H](C)c2ccc(S(C)(=O)=O)cc2)S(C)(=O)=O)cc1Cl. The average Bonchev–Trinajstić information content (AvgIpc) is 2.66. The molecule has 2 rings (SSSR count). The van der Waals surface area contributed by atoms with E-state index in [1.165, 1.54) is 44.4 Å². The number of amides is 1. The highest BCUT2D eigenvalue weighted by atomic mass is 35.5. The summed E-state index contributed by atoms with van der Waals surface area (Å²) in [7, 11) is -5.70. The molecule has 1 amide bonds. The molecular formula is C20H25ClN2O6S2. The Morgan fingerprint density at radius 1 is 1.03 bits per heavy atom. The van der Waals surface area contributed by atoms with Crippen LogP contribution in [0.15, 0.2) is 47.4 Å². The highest BCUT2D eigenvalue weighted by Gasteiger charge is 2.30. The molecule has 0 saturated carbocycles.